The Morgan fingerprint density at radius 1 is 1.29 bits per heavy atom. The molecule has 5 nitrogen and oxygen atoms in total. The number of anilines is 1. The van der Waals surface area contributed by atoms with Gasteiger partial charge >= 0.3 is 0 Å². The van der Waals surface area contributed by atoms with Gasteiger partial charge in [-0.1, -0.05) is 0 Å². The van der Waals surface area contributed by atoms with Crippen LogP contribution in [0.5, 0.6) is 0 Å². The standard InChI is InChI=1S/C11H21N3O2S/c1-12-8-10-9-17-11(13-10)14(4-6-15-2)5-7-16-3/h9,12H,4-8H2,1-3H3. The highest BCUT2D eigenvalue weighted by atomic mass is 32.1. The van der Waals surface area contributed by atoms with Crippen molar-refractivity contribution in [2.45, 2.75) is 6.54 Å². The number of methoxy groups -OCH3 is 2. The Morgan fingerprint density at radius 3 is 2.47 bits per heavy atom. The first kappa shape index (κ1) is 14.4. The number of hydrogen-bond donors (Lipinski definition) is 1. The van der Waals surface area contributed by atoms with E-state index in [1.165, 1.54) is 0 Å². The molecular formula is C11H21N3O2S. The van der Waals surface area contributed by atoms with Crippen molar-refractivity contribution in [1.82, 2.24) is 10.3 Å². The Labute approximate surface area is 107 Å². The molecule has 0 saturated carbocycles. The molecule has 0 atom stereocenters. The van der Waals surface area contributed by atoms with Crippen LogP contribution in [-0.2, 0) is 16.0 Å². The zero-order valence-electron chi connectivity index (χ0n) is 10.7. The summed E-state index contributed by atoms with van der Waals surface area (Å²) < 4.78 is 10.2. The molecule has 0 unspecified atom stereocenters. The number of thiazole rings is 1. The van der Waals surface area contributed by atoms with Crippen LogP contribution in [0.25, 0.3) is 0 Å². The Balaban J connectivity index is 2.58. The molecule has 1 aromatic rings. The number of aromatic nitrogens is 1. The van der Waals surface area contributed by atoms with Gasteiger partial charge in [-0.25, -0.2) is 4.98 Å². The second kappa shape index (κ2) is 8.41. The van der Waals surface area contributed by atoms with Crippen LogP contribution in [0.15, 0.2) is 5.38 Å². The monoisotopic (exact) mass is 259 g/mol. The van der Waals surface area contributed by atoms with Gasteiger partial charge in [0.2, 0.25) is 0 Å². The number of nitrogens with zero attached hydrogens (tertiary/aromatic N) is 2. The maximum absolute atomic E-state index is 5.11. The summed E-state index contributed by atoms with van der Waals surface area (Å²) in [7, 11) is 5.35. The molecule has 0 aliphatic heterocycles. The van der Waals surface area contributed by atoms with Gasteiger partial charge in [0.05, 0.1) is 18.9 Å². The van der Waals surface area contributed by atoms with E-state index in [4.69, 9.17) is 9.47 Å². The van der Waals surface area contributed by atoms with E-state index in [9.17, 15) is 0 Å². The Hall–Kier alpha value is -0.690. The van der Waals surface area contributed by atoms with E-state index < -0.39 is 0 Å². The molecule has 0 spiro atoms. The fourth-order valence-corrected chi connectivity index (χ4v) is 2.29. The van der Waals surface area contributed by atoms with E-state index in [2.05, 4.69) is 20.6 Å². The highest BCUT2D eigenvalue weighted by Crippen LogP contribution is 2.20. The summed E-state index contributed by atoms with van der Waals surface area (Å²) in [6.45, 7) is 3.88. The second-order valence-electron chi connectivity index (χ2n) is 3.62. The third-order valence-electron chi connectivity index (χ3n) is 2.30. The van der Waals surface area contributed by atoms with E-state index in [0.29, 0.717) is 13.2 Å². The molecule has 1 rings (SSSR count). The Bertz CT molecular complexity index is 299. The first-order valence-electron chi connectivity index (χ1n) is 5.63. The van der Waals surface area contributed by atoms with Gasteiger partial charge < -0.3 is 19.7 Å². The lowest BCUT2D eigenvalue weighted by Crippen LogP contribution is -2.30. The van der Waals surface area contributed by atoms with Gasteiger partial charge in [0.25, 0.3) is 0 Å². The van der Waals surface area contributed by atoms with Crippen molar-refractivity contribution in [3.8, 4) is 0 Å². The second-order valence-corrected chi connectivity index (χ2v) is 4.46. The first-order valence-corrected chi connectivity index (χ1v) is 6.51. The van der Waals surface area contributed by atoms with Crippen LogP contribution in [0.2, 0.25) is 0 Å². The van der Waals surface area contributed by atoms with Gasteiger partial charge in [0.1, 0.15) is 0 Å². The van der Waals surface area contributed by atoms with Crippen molar-refractivity contribution >= 4 is 16.5 Å². The summed E-state index contributed by atoms with van der Waals surface area (Å²) in [6.07, 6.45) is 0. The molecule has 6 heteroatoms. The lowest BCUT2D eigenvalue weighted by Gasteiger charge is -2.20. The van der Waals surface area contributed by atoms with Gasteiger partial charge in [0, 0.05) is 39.2 Å². The predicted octanol–water partition coefficient (Wildman–Crippen LogP) is 0.962. The van der Waals surface area contributed by atoms with E-state index in [-0.39, 0.29) is 0 Å². The molecule has 0 fully saturated rings. The topological polar surface area (TPSA) is 46.6 Å². The molecule has 0 aliphatic carbocycles. The number of nitrogens with one attached hydrogen (secondary N) is 1. The third-order valence-corrected chi connectivity index (χ3v) is 3.25. The summed E-state index contributed by atoms with van der Waals surface area (Å²) >= 11 is 1.66. The summed E-state index contributed by atoms with van der Waals surface area (Å²) in [5.41, 5.74) is 1.08. The minimum absolute atomic E-state index is 0.699. The molecule has 0 bridgehead atoms. The fourth-order valence-electron chi connectivity index (χ4n) is 1.41. The quantitative estimate of drug-likeness (QED) is 0.716. The number of ether oxygens (including phenoxy) is 2. The fraction of sp³-hybridized carbons (Fsp3) is 0.727. The maximum atomic E-state index is 5.11. The van der Waals surface area contributed by atoms with E-state index >= 15 is 0 Å². The Morgan fingerprint density at radius 2 is 1.94 bits per heavy atom. The maximum Gasteiger partial charge on any atom is 0.185 e. The van der Waals surface area contributed by atoms with Crippen LogP contribution in [0.4, 0.5) is 5.13 Å². The van der Waals surface area contributed by atoms with Gasteiger partial charge in [-0.15, -0.1) is 11.3 Å². The van der Waals surface area contributed by atoms with Crippen LogP contribution >= 0.6 is 11.3 Å². The molecule has 17 heavy (non-hydrogen) atoms. The Kier molecular flexibility index (Phi) is 7.11. The first-order chi connectivity index (χ1) is 8.31. The smallest absolute Gasteiger partial charge is 0.185 e. The molecule has 1 aromatic heterocycles. The van der Waals surface area contributed by atoms with Crippen molar-refractivity contribution in [2.24, 2.45) is 0 Å². The van der Waals surface area contributed by atoms with Crippen molar-refractivity contribution < 1.29 is 9.47 Å². The predicted molar refractivity (Wildman–Crippen MR) is 70.8 cm³/mol. The summed E-state index contributed by atoms with van der Waals surface area (Å²) in [4.78, 5) is 6.77. The highest BCUT2D eigenvalue weighted by molar-refractivity contribution is 7.13. The largest absolute Gasteiger partial charge is 0.383 e. The summed E-state index contributed by atoms with van der Waals surface area (Å²) in [6, 6.07) is 0. The molecule has 0 radical (unpaired) electrons. The van der Waals surface area contributed by atoms with Crippen LogP contribution in [0, 0.1) is 0 Å². The minimum Gasteiger partial charge on any atom is -0.383 e. The zero-order valence-corrected chi connectivity index (χ0v) is 11.5. The molecule has 0 saturated heterocycles. The molecule has 0 aliphatic rings. The SMILES string of the molecule is CNCc1csc(N(CCOC)CCOC)n1. The zero-order chi connectivity index (χ0) is 12.5. The van der Waals surface area contributed by atoms with Gasteiger partial charge in [-0.2, -0.15) is 0 Å². The number of rotatable bonds is 9. The summed E-state index contributed by atoms with van der Waals surface area (Å²) in [5, 5.41) is 6.21. The molecule has 0 amide bonds. The lowest BCUT2D eigenvalue weighted by molar-refractivity contribution is 0.190. The number of hydrogen-bond acceptors (Lipinski definition) is 6. The lowest BCUT2D eigenvalue weighted by atomic mass is 10.5. The van der Waals surface area contributed by atoms with Gasteiger partial charge in [0.15, 0.2) is 5.13 Å². The van der Waals surface area contributed by atoms with Crippen LogP contribution in [0.1, 0.15) is 5.69 Å². The molecular weight excluding hydrogens is 238 g/mol. The van der Waals surface area contributed by atoms with Crippen molar-refractivity contribution in [1.29, 1.82) is 0 Å². The average Bonchev–Trinajstić information content (AvgIpc) is 2.78. The van der Waals surface area contributed by atoms with E-state index in [1.807, 2.05) is 7.05 Å². The third kappa shape index (κ3) is 4.99. The highest BCUT2D eigenvalue weighted by Gasteiger charge is 2.10. The van der Waals surface area contributed by atoms with Crippen molar-refractivity contribution in [3.05, 3.63) is 11.1 Å². The van der Waals surface area contributed by atoms with Crippen LogP contribution in [-0.4, -0.2) is 52.6 Å². The average molecular weight is 259 g/mol. The summed E-state index contributed by atoms with van der Waals surface area (Å²) in [5.74, 6) is 0. The molecule has 98 valence electrons. The van der Waals surface area contributed by atoms with E-state index in [1.54, 1.807) is 25.6 Å². The molecule has 1 N–H and O–H groups in total. The molecule has 1 heterocycles. The van der Waals surface area contributed by atoms with E-state index in [0.717, 1.165) is 30.5 Å². The van der Waals surface area contributed by atoms with Crippen LogP contribution < -0.4 is 10.2 Å². The van der Waals surface area contributed by atoms with Crippen molar-refractivity contribution in [2.75, 3.05) is 52.5 Å². The van der Waals surface area contributed by atoms with Crippen LogP contribution in [0.3, 0.4) is 0 Å². The van der Waals surface area contributed by atoms with Gasteiger partial charge in [-0.3, -0.25) is 0 Å². The van der Waals surface area contributed by atoms with Crippen molar-refractivity contribution in [3.63, 3.8) is 0 Å². The normalized spacial score (nSPS) is 10.8. The van der Waals surface area contributed by atoms with Gasteiger partial charge in [-0.05, 0) is 7.05 Å². The minimum atomic E-state index is 0.699. The molecule has 0 aromatic carbocycles.